The average Bonchev–Trinajstić information content (AvgIpc) is 2.78. The van der Waals surface area contributed by atoms with Gasteiger partial charge in [0.25, 0.3) is 0 Å². The Hall–Kier alpha value is -1.84. The first-order chi connectivity index (χ1) is 14.4. The second kappa shape index (κ2) is 14.2. The zero-order valence-electron chi connectivity index (χ0n) is 19.9. The van der Waals surface area contributed by atoms with Crippen molar-refractivity contribution in [2.24, 2.45) is 23.7 Å². The van der Waals surface area contributed by atoms with Crippen LogP contribution in [0.25, 0.3) is 0 Å². The highest BCUT2D eigenvalue weighted by molar-refractivity contribution is 6.03. The van der Waals surface area contributed by atoms with E-state index >= 15 is 0 Å². The topological polar surface area (TPSA) is 52.6 Å². The lowest BCUT2D eigenvalue weighted by molar-refractivity contribution is 0.0338. The number of carbonyl (C=O) groups excluding carboxylic acids is 2. The minimum absolute atomic E-state index is 0.287. The largest absolute Gasteiger partial charge is 0.462 e. The van der Waals surface area contributed by atoms with Crippen LogP contribution in [0.1, 0.15) is 101 Å². The quantitative estimate of drug-likeness (QED) is 0.308. The molecule has 170 valence electrons. The molecule has 0 N–H and O–H groups in total. The molecule has 0 spiro atoms. The summed E-state index contributed by atoms with van der Waals surface area (Å²) in [6.07, 6.45) is 6.36. The van der Waals surface area contributed by atoms with Crippen molar-refractivity contribution in [2.45, 2.75) is 80.1 Å². The second-order valence-corrected chi connectivity index (χ2v) is 8.57. The van der Waals surface area contributed by atoms with Crippen molar-refractivity contribution < 1.29 is 19.1 Å². The van der Waals surface area contributed by atoms with Crippen LogP contribution in [-0.4, -0.2) is 25.2 Å². The van der Waals surface area contributed by atoms with Gasteiger partial charge in [0.05, 0.1) is 24.3 Å². The maximum atomic E-state index is 12.8. The highest BCUT2D eigenvalue weighted by Crippen LogP contribution is 2.26. The van der Waals surface area contributed by atoms with E-state index in [4.69, 9.17) is 9.47 Å². The lowest BCUT2D eigenvalue weighted by Gasteiger charge is -2.27. The van der Waals surface area contributed by atoms with Gasteiger partial charge >= 0.3 is 11.9 Å². The predicted octanol–water partition coefficient (Wildman–Crippen LogP) is 6.93. The summed E-state index contributed by atoms with van der Waals surface area (Å²) in [5.74, 6) is 0.831. The van der Waals surface area contributed by atoms with Crippen LogP contribution in [0, 0.1) is 23.7 Å². The van der Waals surface area contributed by atoms with Crippen molar-refractivity contribution in [3.63, 3.8) is 0 Å². The number of carbonyl (C=O) groups is 2. The number of hydrogen-bond acceptors (Lipinski definition) is 4. The molecule has 0 aliphatic heterocycles. The van der Waals surface area contributed by atoms with Gasteiger partial charge in [-0.25, -0.2) is 9.59 Å². The molecule has 1 aromatic rings. The van der Waals surface area contributed by atoms with Crippen molar-refractivity contribution >= 4 is 11.9 Å². The monoisotopic (exact) mass is 418 g/mol. The fourth-order valence-electron chi connectivity index (χ4n) is 3.75. The van der Waals surface area contributed by atoms with E-state index in [-0.39, 0.29) is 11.1 Å². The van der Waals surface area contributed by atoms with Crippen LogP contribution >= 0.6 is 0 Å². The maximum absolute atomic E-state index is 12.8. The van der Waals surface area contributed by atoms with Crippen molar-refractivity contribution in [3.05, 3.63) is 35.4 Å². The average molecular weight is 419 g/mol. The van der Waals surface area contributed by atoms with E-state index in [1.807, 2.05) is 0 Å². The van der Waals surface area contributed by atoms with Crippen LogP contribution in [0.15, 0.2) is 24.3 Å². The SMILES string of the molecule is CCCCC(CC)COC(=O)c1ccccc1C(=O)OCC(CC)C(C)C(C)CC. The van der Waals surface area contributed by atoms with E-state index in [0.717, 1.165) is 38.5 Å². The Morgan fingerprint density at radius 1 is 0.833 bits per heavy atom. The molecule has 1 aromatic carbocycles. The fourth-order valence-corrected chi connectivity index (χ4v) is 3.75. The summed E-state index contributed by atoms with van der Waals surface area (Å²) in [5.41, 5.74) is 0.575. The van der Waals surface area contributed by atoms with Crippen LogP contribution < -0.4 is 0 Å². The Kier molecular flexibility index (Phi) is 12.4. The Morgan fingerprint density at radius 3 is 1.87 bits per heavy atom. The third kappa shape index (κ3) is 8.12. The lowest BCUT2D eigenvalue weighted by atomic mass is 9.81. The van der Waals surface area contributed by atoms with Gasteiger partial charge in [-0.05, 0) is 48.6 Å². The number of esters is 2. The number of unbranched alkanes of at least 4 members (excludes halogenated alkanes) is 1. The fraction of sp³-hybridized carbons (Fsp3) is 0.692. The molecule has 4 heteroatoms. The summed E-state index contributed by atoms with van der Waals surface area (Å²) < 4.78 is 11.2. The highest BCUT2D eigenvalue weighted by Gasteiger charge is 2.24. The van der Waals surface area contributed by atoms with Crippen LogP contribution in [0.5, 0.6) is 0 Å². The van der Waals surface area contributed by atoms with Gasteiger partial charge in [0.1, 0.15) is 0 Å². The minimum Gasteiger partial charge on any atom is -0.462 e. The summed E-state index contributed by atoms with van der Waals surface area (Å²) in [4.78, 5) is 25.4. The molecule has 0 aliphatic carbocycles. The Morgan fingerprint density at radius 2 is 1.40 bits per heavy atom. The van der Waals surface area contributed by atoms with Gasteiger partial charge in [-0.1, -0.05) is 79.4 Å². The van der Waals surface area contributed by atoms with Crippen LogP contribution in [-0.2, 0) is 9.47 Å². The molecule has 30 heavy (non-hydrogen) atoms. The minimum atomic E-state index is -0.449. The molecule has 0 heterocycles. The number of ether oxygens (including phenoxy) is 2. The van der Waals surface area contributed by atoms with Crippen molar-refractivity contribution in [1.82, 2.24) is 0 Å². The Balaban J connectivity index is 2.77. The van der Waals surface area contributed by atoms with Crippen molar-refractivity contribution in [3.8, 4) is 0 Å². The van der Waals surface area contributed by atoms with Gasteiger partial charge in [-0.2, -0.15) is 0 Å². The second-order valence-electron chi connectivity index (χ2n) is 8.57. The first-order valence-corrected chi connectivity index (χ1v) is 11.8. The molecule has 0 aromatic heterocycles. The van der Waals surface area contributed by atoms with E-state index in [0.29, 0.717) is 36.9 Å². The van der Waals surface area contributed by atoms with Crippen LogP contribution in [0.2, 0.25) is 0 Å². The van der Waals surface area contributed by atoms with E-state index in [2.05, 4.69) is 41.5 Å². The lowest BCUT2D eigenvalue weighted by Crippen LogP contribution is -2.25. The van der Waals surface area contributed by atoms with Gasteiger partial charge in [0.15, 0.2) is 0 Å². The van der Waals surface area contributed by atoms with Gasteiger partial charge in [-0.15, -0.1) is 0 Å². The van der Waals surface area contributed by atoms with E-state index < -0.39 is 11.9 Å². The first kappa shape index (κ1) is 26.2. The molecule has 4 nitrogen and oxygen atoms in total. The molecule has 0 bridgehead atoms. The molecule has 1 rings (SSSR count). The summed E-state index contributed by atoms with van der Waals surface area (Å²) in [6.45, 7) is 13.8. The Bertz CT molecular complexity index is 640. The summed E-state index contributed by atoms with van der Waals surface area (Å²) in [5, 5.41) is 0. The first-order valence-electron chi connectivity index (χ1n) is 11.8. The third-order valence-electron chi connectivity index (χ3n) is 6.60. The van der Waals surface area contributed by atoms with E-state index in [1.165, 1.54) is 0 Å². The van der Waals surface area contributed by atoms with E-state index in [9.17, 15) is 9.59 Å². The summed E-state index contributed by atoms with van der Waals surface area (Å²) in [7, 11) is 0. The molecule has 4 atom stereocenters. The molecule has 0 radical (unpaired) electrons. The smallest absolute Gasteiger partial charge is 0.339 e. The van der Waals surface area contributed by atoms with E-state index in [1.54, 1.807) is 24.3 Å². The summed E-state index contributed by atoms with van der Waals surface area (Å²) >= 11 is 0. The molecular weight excluding hydrogens is 376 g/mol. The maximum Gasteiger partial charge on any atom is 0.339 e. The molecule has 0 saturated heterocycles. The Labute approximate surface area is 183 Å². The standard InChI is InChI=1S/C26H42O4/c1-7-11-14-21(9-3)17-29-25(27)23-15-12-13-16-24(23)26(28)30-18-22(10-4)20(6)19(5)8-2/h12-13,15-16,19-22H,7-11,14,17-18H2,1-6H3. The third-order valence-corrected chi connectivity index (χ3v) is 6.60. The number of rotatable bonds is 14. The summed E-state index contributed by atoms with van der Waals surface area (Å²) in [6, 6.07) is 6.79. The number of benzene rings is 1. The van der Waals surface area contributed by atoms with Gasteiger partial charge < -0.3 is 9.47 Å². The zero-order chi connectivity index (χ0) is 22.5. The number of hydrogen-bond donors (Lipinski definition) is 0. The predicted molar refractivity (Wildman–Crippen MR) is 123 cm³/mol. The van der Waals surface area contributed by atoms with Gasteiger partial charge in [-0.3, -0.25) is 0 Å². The molecule has 4 unspecified atom stereocenters. The highest BCUT2D eigenvalue weighted by atomic mass is 16.5. The molecule has 0 amide bonds. The van der Waals surface area contributed by atoms with Crippen molar-refractivity contribution in [2.75, 3.05) is 13.2 Å². The van der Waals surface area contributed by atoms with Gasteiger partial charge in [0, 0.05) is 0 Å². The van der Waals surface area contributed by atoms with Crippen LogP contribution in [0.4, 0.5) is 0 Å². The zero-order valence-corrected chi connectivity index (χ0v) is 19.9. The molecule has 0 fully saturated rings. The van der Waals surface area contributed by atoms with Gasteiger partial charge in [0.2, 0.25) is 0 Å². The normalized spacial score (nSPS) is 15.1. The van der Waals surface area contributed by atoms with Crippen molar-refractivity contribution in [1.29, 1.82) is 0 Å². The molecule has 0 aliphatic rings. The van der Waals surface area contributed by atoms with Crippen LogP contribution in [0.3, 0.4) is 0 Å². The molecular formula is C26H42O4. The molecule has 0 saturated carbocycles.